The predicted octanol–water partition coefficient (Wildman–Crippen LogP) is 2.65. The molecule has 2 atom stereocenters. The number of hydrogen-bond donors (Lipinski definition) is 1. The van der Waals surface area contributed by atoms with Crippen molar-refractivity contribution in [2.75, 3.05) is 37.6 Å². The Morgan fingerprint density at radius 1 is 1.19 bits per heavy atom. The third-order valence-corrected chi connectivity index (χ3v) is 4.61. The van der Waals surface area contributed by atoms with Gasteiger partial charge in [0.05, 0.1) is 5.92 Å². The topological polar surface area (TPSA) is 43.8 Å². The number of benzene rings is 1. The zero-order chi connectivity index (χ0) is 15.4. The molecule has 1 aliphatic heterocycles. The van der Waals surface area contributed by atoms with Gasteiger partial charge in [-0.25, -0.2) is 0 Å². The van der Waals surface area contributed by atoms with Crippen LogP contribution in [0.4, 0.5) is 5.69 Å². The van der Waals surface area contributed by atoms with E-state index in [1.807, 2.05) is 0 Å². The largest absolute Gasteiger partial charge is 0.481 e. The van der Waals surface area contributed by atoms with Crippen molar-refractivity contribution in [3.63, 3.8) is 0 Å². The lowest BCUT2D eigenvalue weighted by Gasteiger charge is -2.22. The van der Waals surface area contributed by atoms with Gasteiger partial charge in [0.1, 0.15) is 0 Å². The highest BCUT2D eigenvalue weighted by atomic mass is 16.4. The molecule has 4 heteroatoms. The Hall–Kier alpha value is -1.55. The van der Waals surface area contributed by atoms with Crippen LogP contribution in [0.5, 0.6) is 0 Å². The molecule has 1 N–H and O–H groups in total. The van der Waals surface area contributed by atoms with E-state index in [4.69, 9.17) is 0 Å². The van der Waals surface area contributed by atoms with Gasteiger partial charge in [-0.1, -0.05) is 19.1 Å². The molecule has 1 heterocycles. The Bertz CT molecular complexity index is 468. The fraction of sp³-hybridized carbons (Fsp3) is 0.588. The average Bonchev–Trinajstić information content (AvgIpc) is 2.94. The SMILES string of the molecule is CCN1CC(C(=O)O)C(c2ccc(N(CC)CC)cc2)C1. The van der Waals surface area contributed by atoms with Crippen LogP contribution in [0.25, 0.3) is 0 Å². The highest BCUT2D eigenvalue weighted by Gasteiger charge is 2.37. The average molecular weight is 290 g/mol. The lowest BCUT2D eigenvalue weighted by Crippen LogP contribution is -2.23. The fourth-order valence-electron chi connectivity index (χ4n) is 3.25. The first kappa shape index (κ1) is 15.8. The number of carboxylic acid groups (broad SMARTS) is 1. The van der Waals surface area contributed by atoms with Crippen molar-refractivity contribution >= 4 is 11.7 Å². The van der Waals surface area contributed by atoms with Gasteiger partial charge in [0.2, 0.25) is 0 Å². The third-order valence-electron chi connectivity index (χ3n) is 4.61. The summed E-state index contributed by atoms with van der Waals surface area (Å²) in [7, 11) is 0. The summed E-state index contributed by atoms with van der Waals surface area (Å²) in [5, 5.41) is 9.44. The van der Waals surface area contributed by atoms with Crippen LogP contribution in [0.3, 0.4) is 0 Å². The minimum absolute atomic E-state index is 0.105. The first-order valence-corrected chi connectivity index (χ1v) is 7.90. The van der Waals surface area contributed by atoms with Crippen molar-refractivity contribution in [3.8, 4) is 0 Å². The Labute approximate surface area is 127 Å². The monoisotopic (exact) mass is 290 g/mol. The summed E-state index contributed by atoms with van der Waals surface area (Å²) in [4.78, 5) is 16.0. The summed E-state index contributed by atoms with van der Waals surface area (Å²) >= 11 is 0. The second-order valence-corrected chi connectivity index (χ2v) is 5.67. The van der Waals surface area contributed by atoms with Crippen LogP contribution in [-0.2, 0) is 4.79 Å². The maximum atomic E-state index is 11.5. The molecule has 1 aromatic rings. The predicted molar refractivity (Wildman–Crippen MR) is 86.0 cm³/mol. The number of carbonyl (C=O) groups is 1. The third kappa shape index (κ3) is 3.38. The highest BCUT2D eigenvalue weighted by Crippen LogP contribution is 2.33. The van der Waals surface area contributed by atoms with Gasteiger partial charge in [0, 0.05) is 37.8 Å². The molecule has 1 aliphatic rings. The Balaban J connectivity index is 2.19. The van der Waals surface area contributed by atoms with Crippen LogP contribution in [-0.4, -0.2) is 48.7 Å². The molecule has 0 saturated carbocycles. The number of carboxylic acids is 1. The molecular weight excluding hydrogens is 264 g/mol. The number of likely N-dealkylation sites (tertiary alicyclic amines) is 1. The first-order chi connectivity index (χ1) is 10.1. The molecule has 2 unspecified atom stereocenters. The molecule has 0 aliphatic carbocycles. The number of rotatable bonds is 6. The minimum atomic E-state index is -0.677. The van der Waals surface area contributed by atoms with Crippen molar-refractivity contribution in [1.29, 1.82) is 0 Å². The summed E-state index contributed by atoms with van der Waals surface area (Å²) in [5.74, 6) is -0.860. The van der Waals surface area contributed by atoms with Gasteiger partial charge in [-0.3, -0.25) is 4.79 Å². The zero-order valence-electron chi connectivity index (χ0n) is 13.2. The summed E-state index contributed by atoms with van der Waals surface area (Å²) < 4.78 is 0. The van der Waals surface area contributed by atoms with E-state index in [0.29, 0.717) is 6.54 Å². The van der Waals surface area contributed by atoms with Crippen LogP contribution >= 0.6 is 0 Å². The molecule has 21 heavy (non-hydrogen) atoms. The molecule has 2 rings (SSSR count). The van der Waals surface area contributed by atoms with Crippen LogP contribution < -0.4 is 4.90 Å². The molecule has 116 valence electrons. The Morgan fingerprint density at radius 3 is 2.29 bits per heavy atom. The number of anilines is 1. The van der Waals surface area contributed by atoms with E-state index < -0.39 is 5.97 Å². The lowest BCUT2D eigenvalue weighted by atomic mass is 9.89. The van der Waals surface area contributed by atoms with Crippen molar-refractivity contribution in [2.45, 2.75) is 26.7 Å². The van der Waals surface area contributed by atoms with Crippen molar-refractivity contribution in [2.24, 2.45) is 5.92 Å². The number of nitrogens with zero attached hydrogens (tertiary/aromatic N) is 2. The van der Waals surface area contributed by atoms with E-state index in [1.54, 1.807) is 0 Å². The van der Waals surface area contributed by atoms with Gasteiger partial charge in [-0.05, 0) is 38.1 Å². The van der Waals surface area contributed by atoms with E-state index in [0.717, 1.165) is 31.7 Å². The second kappa shape index (κ2) is 6.94. The summed E-state index contributed by atoms with van der Waals surface area (Å²) in [6.45, 7) is 10.8. The number of likely N-dealkylation sites (N-methyl/N-ethyl adjacent to an activating group) is 1. The molecule has 0 aromatic heterocycles. The molecule has 1 aromatic carbocycles. The van der Waals surface area contributed by atoms with Gasteiger partial charge in [0.15, 0.2) is 0 Å². The molecule has 1 fully saturated rings. The van der Waals surface area contributed by atoms with E-state index in [-0.39, 0.29) is 11.8 Å². The zero-order valence-corrected chi connectivity index (χ0v) is 13.2. The molecule has 1 saturated heterocycles. The quantitative estimate of drug-likeness (QED) is 0.875. The molecule has 0 spiro atoms. The van der Waals surface area contributed by atoms with Gasteiger partial charge >= 0.3 is 5.97 Å². The van der Waals surface area contributed by atoms with Gasteiger partial charge in [0.25, 0.3) is 0 Å². The van der Waals surface area contributed by atoms with Crippen LogP contribution in [0, 0.1) is 5.92 Å². The van der Waals surface area contributed by atoms with Crippen molar-refractivity contribution in [1.82, 2.24) is 4.90 Å². The van der Waals surface area contributed by atoms with E-state index >= 15 is 0 Å². The van der Waals surface area contributed by atoms with Gasteiger partial charge < -0.3 is 14.9 Å². The summed E-state index contributed by atoms with van der Waals surface area (Å²) in [5.41, 5.74) is 2.36. The number of hydrogen-bond acceptors (Lipinski definition) is 3. The maximum absolute atomic E-state index is 11.5. The van der Waals surface area contributed by atoms with E-state index in [9.17, 15) is 9.90 Å². The van der Waals surface area contributed by atoms with Crippen LogP contribution in [0.15, 0.2) is 24.3 Å². The van der Waals surface area contributed by atoms with Crippen LogP contribution in [0.1, 0.15) is 32.3 Å². The Morgan fingerprint density at radius 2 is 1.81 bits per heavy atom. The normalized spacial score (nSPS) is 22.4. The van der Waals surface area contributed by atoms with E-state index in [1.165, 1.54) is 5.69 Å². The van der Waals surface area contributed by atoms with Crippen molar-refractivity contribution < 1.29 is 9.90 Å². The maximum Gasteiger partial charge on any atom is 0.308 e. The smallest absolute Gasteiger partial charge is 0.308 e. The lowest BCUT2D eigenvalue weighted by molar-refractivity contribution is -0.141. The van der Waals surface area contributed by atoms with Gasteiger partial charge in [-0.2, -0.15) is 0 Å². The molecule has 0 amide bonds. The summed E-state index contributed by atoms with van der Waals surface area (Å²) in [6.07, 6.45) is 0. The fourth-order valence-corrected chi connectivity index (χ4v) is 3.25. The Kier molecular flexibility index (Phi) is 5.23. The first-order valence-electron chi connectivity index (χ1n) is 7.90. The second-order valence-electron chi connectivity index (χ2n) is 5.67. The molecular formula is C17H26N2O2. The highest BCUT2D eigenvalue weighted by molar-refractivity contribution is 5.72. The molecule has 0 radical (unpaired) electrons. The molecule has 0 bridgehead atoms. The van der Waals surface area contributed by atoms with Gasteiger partial charge in [-0.15, -0.1) is 0 Å². The number of aliphatic carboxylic acids is 1. The van der Waals surface area contributed by atoms with Crippen LogP contribution in [0.2, 0.25) is 0 Å². The standard InChI is InChI=1S/C17H26N2O2/c1-4-18-11-15(16(12-18)17(20)21)13-7-9-14(10-8-13)19(5-2)6-3/h7-10,15-16H,4-6,11-12H2,1-3H3,(H,20,21). The molecule has 4 nitrogen and oxygen atoms in total. The van der Waals surface area contributed by atoms with E-state index in [2.05, 4.69) is 54.8 Å². The summed E-state index contributed by atoms with van der Waals surface area (Å²) in [6, 6.07) is 8.45. The van der Waals surface area contributed by atoms with Crippen molar-refractivity contribution in [3.05, 3.63) is 29.8 Å². The minimum Gasteiger partial charge on any atom is -0.481 e.